The van der Waals surface area contributed by atoms with E-state index >= 15 is 0 Å². The Kier molecular flexibility index (Phi) is 8.81. The Morgan fingerprint density at radius 3 is 1.37 bits per heavy atom. The summed E-state index contributed by atoms with van der Waals surface area (Å²) in [7, 11) is 0. The van der Waals surface area contributed by atoms with E-state index in [-0.39, 0.29) is 13.2 Å². The van der Waals surface area contributed by atoms with Crippen molar-refractivity contribution in [3.05, 3.63) is 97.1 Å². The first-order valence-electron chi connectivity index (χ1n) is 9.47. The predicted molar refractivity (Wildman–Crippen MR) is 126 cm³/mol. The summed E-state index contributed by atoms with van der Waals surface area (Å²) in [6.45, 7) is 7.22. The summed E-state index contributed by atoms with van der Waals surface area (Å²) in [5.41, 5.74) is 1.87. The van der Waals surface area contributed by atoms with Crippen molar-refractivity contribution in [3.8, 4) is 0 Å². The molecule has 0 bridgehead atoms. The molecule has 0 aromatic heterocycles. The second-order valence-corrected chi connectivity index (χ2v) is 8.45. The monoisotopic (exact) mass is 442 g/mol. The van der Waals surface area contributed by atoms with Gasteiger partial charge in [-0.2, -0.15) is 25.3 Å². The highest BCUT2D eigenvalue weighted by molar-refractivity contribution is 7.83. The van der Waals surface area contributed by atoms with E-state index < -0.39 is 21.4 Å². The second kappa shape index (κ2) is 11.1. The molecule has 0 heterocycles. The number of thiol groups is 2. The third-order valence-corrected chi connectivity index (χ3v) is 5.61. The van der Waals surface area contributed by atoms with Gasteiger partial charge in [-0.25, -0.2) is 0 Å². The minimum Gasteiger partial charge on any atom is -0.461 e. The average molecular weight is 443 g/mol. The van der Waals surface area contributed by atoms with Gasteiger partial charge in [0.2, 0.25) is 0 Å². The number of benzene rings is 2. The summed E-state index contributed by atoms with van der Waals surface area (Å²) in [5.74, 6) is -1.10. The maximum atomic E-state index is 12.5. The van der Waals surface area contributed by atoms with Crippen LogP contribution in [0.5, 0.6) is 0 Å². The van der Waals surface area contributed by atoms with Crippen LogP contribution in [0.3, 0.4) is 0 Å². The van der Waals surface area contributed by atoms with E-state index in [0.29, 0.717) is 12.8 Å². The van der Waals surface area contributed by atoms with Gasteiger partial charge in [0.25, 0.3) is 0 Å². The van der Waals surface area contributed by atoms with E-state index in [2.05, 4.69) is 38.4 Å². The van der Waals surface area contributed by atoms with E-state index in [4.69, 9.17) is 9.47 Å². The largest absolute Gasteiger partial charge is 0.461 e. The highest BCUT2D eigenvalue weighted by Crippen LogP contribution is 2.25. The summed E-state index contributed by atoms with van der Waals surface area (Å²) < 4.78 is 8.19. The number of esters is 2. The average Bonchev–Trinajstić information content (AvgIpc) is 2.77. The fourth-order valence-corrected chi connectivity index (χ4v) is 3.28. The van der Waals surface area contributed by atoms with Gasteiger partial charge in [0.1, 0.15) is 22.7 Å². The lowest BCUT2D eigenvalue weighted by Gasteiger charge is -2.24. The molecule has 2 aromatic rings. The van der Waals surface area contributed by atoms with Crippen molar-refractivity contribution in [2.75, 3.05) is 13.2 Å². The molecule has 0 N–H and O–H groups in total. The van der Waals surface area contributed by atoms with Gasteiger partial charge in [0, 0.05) is 12.8 Å². The summed E-state index contributed by atoms with van der Waals surface area (Å²) >= 11 is 8.92. The molecule has 2 rings (SSSR count). The first kappa shape index (κ1) is 23.8. The number of rotatable bonds is 11. The molecule has 0 amide bonds. The normalized spacial score (nSPS) is 14.6. The van der Waals surface area contributed by atoms with Crippen molar-refractivity contribution in [3.63, 3.8) is 0 Å². The van der Waals surface area contributed by atoms with Gasteiger partial charge in [-0.05, 0) is 11.1 Å². The van der Waals surface area contributed by atoms with Gasteiger partial charge in [-0.3, -0.25) is 9.59 Å². The number of ether oxygens (including phenoxy) is 2. The fourth-order valence-electron chi connectivity index (χ4n) is 2.79. The number of hydrogen-bond acceptors (Lipinski definition) is 6. The quantitative estimate of drug-likeness (QED) is 0.236. The Bertz CT molecular complexity index is 796. The number of carbonyl (C=O) groups excluding carboxylic acids is 2. The zero-order chi connectivity index (χ0) is 22.0. The molecule has 30 heavy (non-hydrogen) atoms. The van der Waals surface area contributed by atoms with Crippen molar-refractivity contribution in [2.45, 2.75) is 22.3 Å². The van der Waals surface area contributed by atoms with E-state index in [9.17, 15) is 9.59 Å². The number of carbonyl (C=O) groups is 2. The van der Waals surface area contributed by atoms with E-state index in [1.54, 1.807) is 0 Å². The van der Waals surface area contributed by atoms with Crippen LogP contribution in [0.4, 0.5) is 0 Å². The van der Waals surface area contributed by atoms with Gasteiger partial charge in [0.15, 0.2) is 0 Å². The zero-order valence-corrected chi connectivity index (χ0v) is 18.5. The highest BCUT2D eigenvalue weighted by atomic mass is 32.1. The Labute approximate surface area is 188 Å². The third-order valence-electron chi connectivity index (χ3n) is 4.56. The molecule has 0 fully saturated rings. The van der Waals surface area contributed by atoms with Crippen molar-refractivity contribution >= 4 is 37.2 Å². The molecular weight excluding hydrogens is 416 g/mol. The van der Waals surface area contributed by atoms with Crippen molar-refractivity contribution in [1.29, 1.82) is 0 Å². The maximum Gasteiger partial charge on any atom is 0.326 e. The Morgan fingerprint density at radius 1 is 0.733 bits per heavy atom. The van der Waals surface area contributed by atoms with Crippen LogP contribution in [0.25, 0.3) is 0 Å². The first-order chi connectivity index (χ1) is 14.3. The van der Waals surface area contributed by atoms with Crippen LogP contribution in [-0.2, 0) is 31.9 Å². The topological polar surface area (TPSA) is 52.6 Å². The molecule has 0 aliphatic heterocycles. The van der Waals surface area contributed by atoms with Crippen LogP contribution in [-0.4, -0.2) is 34.6 Å². The fraction of sp³-hybridized carbons (Fsp3) is 0.250. The molecule has 6 heteroatoms. The molecule has 0 aliphatic carbocycles. The minimum absolute atomic E-state index is 0.0954. The smallest absolute Gasteiger partial charge is 0.326 e. The number of hydrogen-bond donors (Lipinski definition) is 2. The lowest BCUT2D eigenvalue weighted by Crippen LogP contribution is -2.37. The SMILES string of the molecule is C=CC(S)(Cc1ccccc1)C(=O)OCCOC(=O)C(S)(C=C)Cc1ccccc1. The van der Waals surface area contributed by atoms with Gasteiger partial charge >= 0.3 is 11.9 Å². The highest BCUT2D eigenvalue weighted by Gasteiger charge is 2.35. The minimum atomic E-state index is -1.17. The van der Waals surface area contributed by atoms with Crippen LogP contribution >= 0.6 is 25.3 Å². The molecule has 0 spiro atoms. The molecule has 2 unspecified atom stereocenters. The molecule has 0 saturated carbocycles. The molecule has 2 atom stereocenters. The van der Waals surface area contributed by atoms with Gasteiger partial charge in [-0.15, -0.1) is 13.2 Å². The Hall–Kier alpha value is -2.44. The molecular formula is C24H26O4S2. The zero-order valence-electron chi connectivity index (χ0n) is 16.7. The molecule has 0 radical (unpaired) electrons. The van der Waals surface area contributed by atoms with Crippen molar-refractivity contribution < 1.29 is 19.1 Å². The summed E-state index contributed by atoms with van der Waals surface area (Å²) in [5, 5.41) is 0. The Morgan fingerprint density at radius 2 is 1.07 bits per heavy atom. The second-order valence-electron chi connectivity index (χ2n) is 6.85. The predicted octanol–water partition coefficient (Wildman–Crippen LogP) is 4.27. The van der Waals surface area contributed by atoms with Gasteiger partial charge < -0.3 is 9.47 Å². The van der Waals surface area contributed by atoms with Crippen molar-refractivity contribution in [1.82, 2.24) is 0 Å². The summed E-state index contributed by atoms with van der Waals surface area (Å²) in [6.07, 6.45) is 3.58. The van der Waals surface area contributed by atoms with Gasteiger partial charge in [0.05, 0.1) is 0 Å². The van der Waals surface area contributed by atoms with Crippen LogP contribution in [0, 0.1) is 0 Å². The van der Waals surface area contributed by atoms with E-state index in [1.165, 1.54) is 12.2 Å². The third kappa shape index (κ3) is 6.54. The standard InChI is InChI=1S/C24H26O4S2/c1-3-23(29,17-19-11-7-5-8-12-19)21(25)27-15-16-28-22(26)24(30,4-2)18-20-13-9-6-10-14-20/h3-14,29-30H,1-2,15-18H2. The van der Waals surface area contributed by atoms with E-state index in [1.807, 2.05) is 60.7 Å². The lowest BCUT2D eigenvalue weighted by atomic mass is 9.98. The van der Waals surface area contributed by atoms with Crippen LogP contribution in [0.1, 0.15) is 11.1 Å². The molecule has 4 nitrogen and oxygen atoms in total. The summed E-state index contributed by atoms with van der Waals surface area (Å²) in [6, 6.07) is 18.9. The molecule has 0 aliphatic rings. The molecule has 0 saturated heterocycles. The lowest BCUT2D eigenvalue weighted by molar-refractivity contribution is -0.153. The van der Waals surface area contributed by atoms with E-state index in [0.717, 1.165) is 11.1 Å². The molecule has 158 valence electrons. The summed E-state index contributed by atoms with van der Waals surface area (Å²) in [4.78, 5) is 25.0. The Balaban J connectivity index is 1.86. The molecule has 2 aromatic carbocycles. The maximum absolute atomic E-state index is 12.5. The first-order valence-corrected chi connectivity index (χ1v) is 10.4. The van der Waals surface area contributed by atoms with Crippen molar-refractivity contribution in [2.24, 2.45) is 0 Å². The van der Waals surface area contributed by atoms with Gasteiger partial charge in [-0.1, -0.05) is 72.8 Å². The van der Waals surface area contributed by atoms with Crippen LogP contribution in [0.2, 0.25) is 0 Å². The van der Waals surface area contributed by atoms with Crippen LogP contribution < -0.4 is 0 Å². The van der Waals surface area contributed by atoms with Crippen LogP contribution in [0.15, 0.2) is 86.0 Å².